The predicted molar refractivity (Wildman–Crippen MR) is 88.0 cm³/mol. The van der Waals surface area contributed by atoms with Gasteiger partial charge < -0.3 is 15.2 Å². The van der Waals surface area contributed by atoms with Crippen LogP contribution in [0.2, 0.25) is 0 Å². The van der Waals surface area contributed by atoms with Crippen LogP contribution in [0, 0.1) is 5.82 Å². The first-order chi connectivity index (χ1) is 11.6. The van der Waals surface area contributed by atoms with Gasteiger partial charge in [0, 0.05) is 12.6 Å². The molecule has 0 bridgehead atoms. The second-order valence-corrected chi connectivity index (χ2v) is 6.51. The lowest BCUT2D eigenvalue weighted by Gasteiger charge is -2.21. The van der Waals surface area contributed by atoms with Gasteiger partial charge in [0.2, 0.25) is 0 Å². The van der Waals surface area contributed by atoms with Gasteiger partial charge in [-0.25, -0.2) is 18.7 Å². The van der Waals surface area contributed by atoms with Crippen LogP contribution in [0.4, 0.5) is 9.18 Å². The molecule has 1 aromatic carbocycles. The van der Waals surface area contributed by atoms with Gasteiger partial charge in [-0.2, -0.15) is 5.10 Å². The summed E-state index contributed by atoms with van der Waals surface area (Å²) in [5.41, 5.74) is 0.521. The molecule has 2 N–H and O–H groups in total. The van der Waals surface area contributed by atoms with E-state index in [2.05, 4.69) is 10.4 Å². The van der Waals surface area contributed by atoms with Gasteiger partial charge in [-0.05, 0) is 50.6 Å². The minimum absolute atomic E-state index is 0.0375. The number of nitrogens with zero attached hydrogens (tertiary/aromatic N) is 2. The van der Waals surface area contributed by atoms with Gasteiger partial charge in [-0.15, -0.1) is 0 Å². The molecule has 7 nitrogen and oxygen atoms in total. The molecular weight excluding hydrogens is 329 g/mol. The topological polar surface area (TPSA) is 93.5 Å². The van der Waals surface area contributed by atoms with Crippen molar-refractivity contribution >= 4 is 12.1 Å². The van der Waals surface area contributed by atoms with Crippen molar-refractivity contribution in [1.82, 2.24) is 15.1 Å². The lowest BCUT2D eigenvalue weighted by molar-refractivity contribution is -0.139. The molecular formula is C17H20FN3O4. The molecule has 0 aliphatic rings. The number of hydrogen-bond donors (Lipinski definition) is 2. The molecule has 1 heterocycles. The quantitative estimate of drug-likeness (QED) is 0.865. The molecule has 8 heteroatoms. The predicted octanol–water partition coefficient (Wildman–Crippen LogP) is 2.53. The molecule has 2 aromatic rings. The van der Waals surface area contributed by atoms with Crippen molar-refractivity contribution in [2.75, 3.05) is 0 Å². The number of carboxylic acids is 1. The number of ether oxygens (including phenoxy) is 1. The average Bonchev–Trinajstić information content (AvgIpc) is 2.94. The molecule has 1 amide bonds. The van der Waals surface area contributed by atoms with Gasteiger partial charge in [0.1, 0.15) is 17.5 Å². The summed E-state index contributed by atoms with van der Waals surface area (Å²) in [6.45, 7) is 5.07. The zero-order valence-corrected chi connectivity index (χ0v) is 14.2. The number of carbonyl (C=O) groups excluding carboxylic acids is 1. The molecule has 1 unspecified atom stereocenters. The van der Waals surface area contributed by atoms with E-state index in [9.17, 15) is 19.1 Å². The first-order valence-corrected chi connectivity index (χ1v) is 7.66. The number of aliphatic carboxylic acids is 1. The Bertz CT molecular complexity index is 750. The van der Waals surface area contributed by atoms with E-state index in [1.165, 1.54) is 23.0 Å². The van der Waals surface area contributed by atoms with Crippen molar-refractivity contribution in [3.8, 4) is 5.69 Å². The highest BCUT2D eigenvalue weighted by atomic mass is 19.1. The fourth-order valence-corrected chi connectivity index (χ4v) is 2.09. The molecule has 0 saturated carbocycles. The average molecular weight is 349 g/mol. The summed E-state index contributed by atoms with van der Waals surface area (Å²) in [5.74, 6) is -1.54. The molecule has 134 valence electrons. The van der Waals surface area contributed by atoms with E-state index in [4.69, 9.17) is 4.74 Å². The minimum Gasteiger partial charge on any atom is -0.480 e. The van der Waals surface area contributed by atoms with Crippen LogP contribution in [-0.2, 0) is 16.0 Å². The lowest BCUT2D eigenvalue weighted by atomic mass is 10.1. The van der Waals surface area contributed by atoms with Crippen molar-refractivity contribution in [2.24, 2.45) is 0 Å². The molecule has 0 fully saturated rings. The fraction of sp³-hybridized carbons (Fsp3) is 0.353. The monoisotopic (exact) mass is 349 g/mol. The number of alkyl carbamates (subject to hydrolysis) is 1. The zero-order valence-electron chi connectivity index (χ0n) is 14.2. The van der Waals surface area contributed by atoms with Gasteiger partial charge in [-0.3, -0.25) is 0 Å². The van der Waals surface area contributed by atoms with Crippen molar-refractivity contribution in [3.05, 3.63) is 48.0 Å². The first-order valence-electron chi connectivity index (χ1n) is 7.66. The normalized spacial score (nSPS) is 12.5. The largest absolute Gasteiger partial charge is 0.480 e. The Balaban J connectivity index is 2.06. The second kappa shape index (κ2) is 7.33. The van der Waals surface area contributed by atoms with Crippen molar-refractivity contribution in [3.63, 3.8) is 0 Å². The van der Waals surface area contributed by atoms with E-state index in [1.54, 1.807) is 39.1 Å². The standard InChI is InChI=1S/C17H20FN3O4/c1-17(2,3)25-16(24)20-14(15(22)23)8-11-9-19-21(10-11)13-6-4-12(18)5-7-13/h4-7,9-10,14H,8H2,1-3H3,(H,20,24)(H,22,23). The summed E-state index contributed by atoms with van der Waals surface area (Å²) in [6.07, 6.45) is 2.36. The van der Waals surface area contributed by atoms with Crippen LogP contribution in [0.15, 0.2) is 36.7 Å². The SMILES string of the molecule is CC(C)(C)OC(=O)NC(Cc1cnn(-c2ccc(F)cc2)c1)C(=O)O. The van der Waals surface area contributed by atoms with Crippen LogP contribution in [0.3, 0.4) is 0 Å². The maximum absolute atomic E-state index is 13.0. The van der Waals surface area contributed by atoms with E-state index >= 15 is 0 Å². The summed E-state index contributed by atoms with van der Waals surface area (Å²) in [4.78, 5) is 23.1. The fourth-order valence-electron chi connectivity index (χ4n) is 2.09. The molecule has 25 heavy (non-hydrogen) atoms. The third kappa shape index (κ3) is 5.59. The van der Waals surface area contributed by atoms with E-state index in [1.807, 2.05) is 0 Å². The highest BCUT2D eigenvalue weighted by molar-refractivity contribution is 5.80. The van der Waals surface area contributed by atoms with Crippen LogP contribution in [0.5, 0.6) is 0 Å². The van der Waals surface area contributed by atoms with Gasteiger partial charge in [0.15, 0.2) is 0 Å². The molecule has 0 aliphatic carbocycles. The highest BCUT2D eigenvalue weighted by Crippen LogP contribution is 2.12. The maximum Gasteiger partial charge on any atom is 0.408 e. The number of carboxylic acid groups (broad SMARTS) is 1. The molecule has 0 radical (unpaired) electrons. The first kappa shape index (κ1) is 18.4. The van der Waals surface area contributed by atoms with Gasteiger partial charge >= 0.3 is 12.1 Å². The van der Waals surface area contributed by atoms with Crippen LogP contribution >= 0.6 is 0 Å². The van der Waals surface area contributed by atoms with Gasteiger partial charge in [0.25, 0.3) is 0 Å². The summed E-state index contributed by atoms with van der Waals surface area (Å²) < 4.78 is 19.5. The van der Waals surface area contributed by atoms with Crippen LogP contribution in [0.1, 0.15) is 26.3 Å². The second-order valence-electron chi connectivity index (χ2n) is 6.51. The Morgan fingerprint density at radius 1 is 1.32 bits per heavy atom. The smallest absolute Gasteiger partial charge is 0.408 e. The summed E-state index contributed by atoms with van der Waals surface area (Å²) in [6, 6.07) is 4.57. The van der Waals surface area contributed by atoms with E-state index in [-0.39, 0.29) is 12.2 Å². The number of benzene rings is 1. The Morgan fingerprint density at radius 2 is 1.96 bits per heavy atom. The number of halogens is 1. The summed E-state index contributed by atoms with van der Waals surface area (Å²) >= 11 is 0. The van der Waals surface area contributed by atoms with Crippen molar-refractivity contribution < 1.29 is 23.8 Å². The minimum atomic E-state index is -1.18. The Hall–Kier alpha value is -2.90. The Kier molecular flexibility index (Phi) is 5.41. The number of nitrogens with one attached hydrogen (secondary N) is 1. The summed E-state index contributed by atoms with van der Waals surface area (Å²) in [5, 5.41) is 15.8. The van der Waals surface area contributed by atoms with Crippen molar-refractivity contribution in [1.29, 1.82) is 0 Å². The molecule has 2 rings (SSSR count). The third-order valence-electron chi connectivity index (χ3n) is 3.16. The van der Waals surface area contributed by atoms with E-state index in [0.717, 1.165) is 0 Å². The van der Waals surface area contributed by atoms with E-state index < -0.39 is 23.7 Å². The molecule has 0 aliphatic heterocycles. The number of hydrogen-bond acceptors (Lipinski definition) is 4. The Morgan fingerprint density at radius 3 is 2.52 bits per heavy atom. The zero-order chi connectivity index (χ0) is 18.6. The summed E-state index contributed by atoms with van der Waals surface area (Å²) in [7, 11) is 0. The lowest BCUT2D eigenvalue weighted by Crippen LogP contribution is -2.44. The van der Waals surface area contributed by atoms with E-state index in [0.29, 0.717) is 11.3 Å². The number of carbonyl (C=O) groups is 2. The van der Waals surface area contributed by atoms with Crippen LogP contribution in [-0.4, -0.2) is 38.6 Å². The van der Waals surface area contributed by atoms with Gasteiger partial charge in [0.05, 0.1) is 11.9 Å². The third-order valence-corrected chi connectivity index (χ3v) is 3.16. The number of rotatable bonds is 5. The van der Waals surface area contributed by atoms with Gasteiger partial charge in [-0.1, -0.05) is 0 Å². The molecule has 0 saturated heterocycles. The molecule has 0 spiro atoms. The number of aromatic nitrogens is 2. The number of amides is 1. The Labute approximate surface area is 144 Å². The highest BCUT2D eigenvalue weighted by Gasteiger charge is 2.24. The molecule has 1 aromatic heterocycles. The van der Waals surface area contributed by atoms with Crippen molar-refractivity contribution in [2.45, 2.75) is 38.8 Å². The molecule has 1 atom stereocenters. The van der Waals surface area contributed by atoms with Crippen LogP contribution in [0.25, 0.3) is 5.69 Å². The maximum atomic E-state index is 13.0. The van der Waals surface area contributed by atoms with Crippen LogP contribution < -0.4 is 5.32 Å².